The first-order valence-corrected chi connectivity index (χ1v) is 12.0. The molecule has 170 valence electrons. The second-order valence-corrected chi connectivity index (χ2v) is 9.70. The molecule has 0 atom stereocenters. The normalized spacial score (nSPS) is 12.5. The number of ether oxygens (including phenoxy) is 1. The number of hydrogen-bond donors (Lipinski definition) is 3. The van der Waals surface area contributed by atoms with E-state index in [9.17, 15) is 8.42 Å². The van der Waals surface area contributed by atoms with Crippen LogP contribution in [0.2, 0.25) is 0 Å². The Balaban J connectivity index is 2.19. The molecule has 2 rings (SSSR count). The Morgan fingerprint density at radius 1 is 0.968 bits per heavy atom. The molecule has 0 fully saturated rings. The van der Waals surface area contributed by atoms with Gasteiger partial charge in [0, 0.05) is 24.2 Å². The summed E-state index contributed by atoms with van der Waals surface area (Å²) in [6, 6.07) is 14.8. The van der Waals surface area contributed by atoms with Gasteiger partial charge >= 0.3 is 0 Å². The van der Waals surface area contributed by atoms with Crippen LogP contribution in [0.3, 0.4) is 0 Å². The van der Waals surface area contributed by atoms with E-state index in [0.29, 0.717) is 37.8 Å². The molecule has 0 heterocycles. The first-order valence-electron chi connectivity index (χ1n) is 10.5. The molecule has 2 aromatic rings. The van der Waals surface area contributed by atoms with Crippen LogP contribution in [-0.2, 0) is 23.1 Å². The van der Waals surface area contributed by atoms with Gasteiger partial charge in [-0.2, -0.15) is 0 Å². The third-order valence-electron chi connectivity index (χ3n) is 4.17. The number of sulfonamides is 1. The van der Waals surface area contributed by atoms with Gasteiger partial charge in [-0.3, -0.25) is 0 Å². The molecule has 3 N–H and O–H groups in total. The summed E-state index contributed by atoms with van der Waals surface area (Å²) in [5.41, 5.74) is 1.09. The van der Waals surface area contributed by atoms with Gasteiger partial charge in [0.1, 0.15) is 5.75 Å². The van der Waals surface area contributed by atoms with Crippen molar-refractivity contribution in [1.82, 2.24) is 15.4 Å². The van der Waals surface area contributed by atoms with Gasteiger partial charge in [0.05, 0.1) is 18.0 Å². The Bertz CT molecular complexity index is 982. The minimum Gasteiger partial charge on any atom is -0.494 e. The van der Waals surface area contributed by atoms with E-state index in [4.69, 9.17) is 4.74 Å². The molecule has 8 heteroatoms. The number of hydrogen-bond acceptors (Lipinski definition) is 4. The highest BCUT2D eigenvalue weighted by Crippen LogP contribution is 2.19. The summed E-state index contributed by atoms with van der Waals surface area (Å²) < 4.78 is 34.1. The minimum absolute atomic E-state index is 0.259. The fourth-order valence-electron chi connectivity index (χ4n) is 2.99. The van der Waals surface area contributed by atoms with Crippen LogP contribution in [-0.4, -0.2) is 33.1 Å². The predicted molar refractivity (Wildman–Crippen MR) is 126 cm³/mol. The van der Waals surface area contributed by atoms with Gasteiger partial charge in [-0.1, -0.05) is 36.4 Å². The molecule has 0 bridgehead atoms. The van der Waals surface area contributed by atoms with E-state index >= 15 is 0 Å². The Labute approximate surface area is 186 Å². The lowest BCUT2D eigenvalue weighted by Gasteiger charge is -2.22. The van der Waals surface area contributed by atoms with E-state index in [2.05, 4.69) is 20.3 Å². The van der Waals surface area contributed by atoms with Gasteiger partial charge in [-0.25, -0.2) is 18.1 Å². The Morgan fingerprint density at radius 3 is 2.26 bits per heavy atom. The van der Waals surface area contributed by atoms with Crippen LogP contribution in [0.25, 0.3) is 0 Å². The molecule has 2 aromatic carbocycles. The van der Waals surface area contributed by atoms with Gasteiger partial charge in [0.2, 0.25) is 10.0 Å². The smallest absolute Gasteiger partial charge is 0.241 e. The molecule has 0 saturated carbocycles. The highest BCUT2D eigenvalue weighted by Gasteiger charge is 2.24. The lowest BCUT2D eigenvalue weighted by atomic mass is 10.1. The fourth-order valence-corrected chi connectivity index (χ4v) is 4.65. The van der Waals surface area contributed by atoms with Crippen molar-refractivity contribution < 1.29 is 13.2 Å². The first-order chi connectivity index (χ1) is 14.7. The van der Waals surface area contributed by atoms with Crippen LogP contribution < -0.4 is 20.1 Å². The van der Waals surface area contributed by atoms with Crippen LogP contribution >= 0.6 is 0 Å². The van der Waals surface area contributed by atoms with Crippen molar-refractivity contribution in [3.8, 4) is 5.75 Å². The summed E-state index contributed by atoms with van der Waals surface area (Å²) >= 11 is 0. The maximum atomic E-state index is 12.9. The number of aliphatic imine (C=N–C) groups is 1. The second-order valence-electron chi connectivity index (χ2n) is 8.05. The van der Waals surface area contributed by atoms with Crippen LogP contribution in [0.4, 0.5) is 0 Å². The number of nitrogens with one attached hydrogen (secondary N) is 3. The zero-order valence-electron chi connectivity index (χ0n) is 19.0. The van der Waals surface area contributed by atoms with Gasteiger partial charge < -0.3 is 15.4 Å². The Morgan fingerprint density at radius 2 is 1.61 bits per heavy atom. The zero-order valence-corrected chi connectivity index (χ0v) is 19.8. The molecule has 0 unspecified atom stereocenters. The molecule has 0 amide bonds. The summed E-state index contributed by atoms with van der Waals surface area (Å²) in [5, 5.41) is 6.44. The fraction of sp³-hybridized carbons (Fsp3) is 0.435. The van der Waals surface area contributed by atoms with Crippen molar-refractivity contribution in [2.24, 2.45) is 4.99 Å². The van der Waals surface area contributed by atoms with E-state index in [-0.39, 0.29) is 4.90 Å². The van der Waals surface area contributed by atoms with Crippen molar-refractivity contribution in [3.05, 3.63) is 59.7 Å². The van der Waals surface area contributed by atoms with E-state index < -0.39 is 15.6 Å². The van der Waals surface area contributed by atoms with Crippen molar-refractivity contribution in [3.63, 3.8) is 0 Å². The molecule has 0 aliphatic heterocycles. The first kappa shape index (κ1) is 24.7. The average molecular weight is 447 g/mol. The van der Waals surface area contributed by atoms with Crippen molar-refractivity contribution in [2.75, 3.05) is 13.2 Å². The summed E-state index contributed by atoms with van der Waals surface area (Å²) in [4.78, 5) is 4.90. The molecule has 31 heavy (non-hydrogen) atoms. The summed E-state index contributed by atoms with van der Waals surface area (Å²) in [6.07, 6.45) is 0. The molecule has 0 aromatic heterocycles. The standard InChI is InChI=1S/C23H34N4O3S/c1-6-24-22(25-16-18-12-8-10-14-20(18)30-7-2)26-17-19-13-9-11-15-21(19)31(28,29)27-23(3,4)5/h8-15,27H,6-7,16-17H2,1-5H3,(H2,24,25,26). The monoisotopic (exact) mass is 446 g/mol. The van der Waals surface area contributed by atoms with E-state index in [1.807, 2.05) is 65.0 Å². The number of guanidine groups is 1. The van der Waals surface area contributed by atoms with Crippen LogP contribution in [0.5, 0.6) is 5.75 Å². The Kier molecular flexibility index (Phi) is 8.88. The largest absolute Gasteiger partial charge is 0.494 e. The molecule has 0 aliphatic carbocycles. The zero-order chi connectivity index (χ0) is 22.9. The van der Waals surface area contributed by atoms with E-state index in [1.54, 1.807) is 18.2 Å². The van der Waals surface area contributed by atoms with Crippen molar-refractivity contribution >= 4 is 16.0 Å². The quantitative estimate of drug-likeness (QED) is 0.406. The van der Waals surface area contributed by atoms with Crippen LogP contribution in [0.15, 0.2) is 58.4 Å². The van der Waals surface area contributed by atoms with Gasteiger partial charge in [0.25, 0.3) is 0 Å². The summed E-state index contributed by atoms with van der Waals surface area (Å²) in [5.74, 6) is 1.42. The topological polar surface area (TPSA) is 91.8 Å². The van der Waals surface area contributed by atoms with Crippen LogP contribution in [0, 0.1) is 0 Å². The molecular formula is C23H34N4O3S. The summed E-state index contributed by atoms with van der Waals surface area (Å²) in [7, 11) is -3.64. The number of nitrogens with zero attached hydrogens (tertiary/aromatic N) is 1. The average Bonchev–Trinajstić information content (AvgIpc) is 2.70. The van der Waals surface area contributed by atoms with Gasteiger partial charge in [0.15, 0.2) is 5.96 Å². The molecule has 7 nitrogen and oxygen atoms in total. The molecular weight excluding hydrogens is 412 g/mol. The van der Waals surface area contributed by atoms with Crippen molar-refractivity contribution in [1.29, 1.82) is 0 Å². The highest BCUT2D eigenvalue weighted by atomic mass is 32.2. The molecule has 0 saturated heterocycles. The maximum Gasteiger partial charge on any atom is 0.241 e. The van der Waals surface area contributed by atoms with Crippen LogP contribution in [0.1, 0.15) is 45.7 Å². The summed E-state index contributed by atoms with van der Waals surface area (Å²) in [6.45, 7) is 11.4. The minimum atomic E-state index is -3.64. The lowest BCUT2D eigenvalue weighted by molar-refractivity contribution is 0.336. The third kappa shape index (κ3) is 7.88. The van der Waals surface area contributed by atoms with Gasteiger partial charge in [-0.15, -0.1) is 0 Å². The number of benzene rings is 2. The molecule has 0 spiro atoms. The van der Waals surface area contributed by atoms with Crippen molar-refractivity contribution in [2.45, 2.75) is 58.1 Å². The maximum absolute atomic E-state index is 12.9. The number of rotatable bonds is 9. The second kappa shape index (κ2) is 11.2. The van der Waals surface area contributed by atoms with Gasteiger partial charge in [-0.05, 0) is 52.3 Å². The van der Waals surface area contributed by atoms with E-state index in [0.717, 1.165) is 11.3 Å². The highest BCUT2D eigenvalue weighted by molar-refractivity contribution is 7.89. The third-order valence-corrected chi connectivity index (χ3v) is 6.03. The molecule has 0 radical (unpaired) electrons. The lowest BCUT2D eigenvalue weighted by Crippen LogP contribution is -2.41. The SMILES string of the molecule is CCNC(=NCc1ccccc1OCC)NCc1ccccc1S(=O)(=O)NC(C)(C)C. The number of para-hydroxylation sites is 1. The van der Waals surface area contributed by atoms with E-state index in [1.165, 1.54) is 0 Å². The Hall–Kier alpha value is -2.58. The molecule has 0 aliphatic rings. The predicted octanol–water partition coefficient (Wildman–Crippen LogP) is 3.42.